The summed E-state index contributed by atoms with van der Waals surface area (Å²) in [6.07, 6.45) is -0.891. The van der Waals surface area contributed by atoms with E-state index in [4.69, 9.17) is 4.84 Å². The van der Waals surface area contributed by atoms with E-state index in [9.17, 15) is 9.59 Å². The number of nitrogens with one attached hydrogen (secondary N) is 2. The Labute approximate surface area is 185 Å². The van der Waals surface area contributed by atoms with Crippen LogP contribution in [-0.2, 0) is 4.84 Å². The fraction of sp³-hybridized carbons (Fsp3) is 0.190. The zero-order valence-corrected chi connectivity index (χ0v) is 18.2. The van der Waals surface area contributed by atoms with Crippen LogP contribution in [0.4, 0.5) is 38.8 Å². The third-order valence-electron chi connectivity index (χ3n) is 3.99. The first kappa shape index (κ1) is 22.3. The Balaban J connectivity index is 1.94. The number of nitrogens with zero attached hydrogens (tertiary/aromatic N) is 6. The first-order valence-corrected chi connectivity index (χ1v) is 9.64. The van der Waals surface area contributed by atoms with Crippen molar-refractivity contribution < 1.29 is 14.4 Å². The van der Waals surface area contributed by atoms with E-state index in [2.05, 4.69) is 25.6 Å². The highest BCUT2D eigenvalue weighted by Gasteiger charge is 2.26. The number of carbonyl (C=O) groups is 2. The fourth-order valence-electron chi connectivity index (χ4n) is 2.45. The summed E-state index contributed by atoms with van der Waals surface area (Å²) in [6, 6.07) is 16.7. The molecule has 3 amide bonds. The number of anilines is 5. The molecule has 0 spiro atoms. The lowest BCUT2D eigenvalue weighted by Crippen LogP contribution is -2.40. The van der Waals surface area contributed by atoms with E-state index in [1.807, 2.05) is 12.1 Å². The van der Waals surface area contributed by atoms with Crippen LogP contribution in [-0.4, -0.2) is 55.3 Å². The Morgan fingerprint density at radius 2 is 1.12 bits per heavy atom. The van der Waals surface area contributed by atoms with Crippen molar-refractivity contribution in [2.24, 2.45) is 0 Å². The SMILES string of the molecule is CN(C)c1nc(N(C)C)nc(N(OC(=O)Nc2ccccc2)C(=O)Nc2ccccc2)n1. The average molecular weight is 436 g/mol. The van der Waals surface area contributed by atoms with Crippen LogP contribution in [0.3, 0.4) is 0 Å². The Morgan fingerprint density at radius 1 is 0.688 bits per heavy atom. The molecule has 0 aliphatic carbocycles. The number of aromatic nitrogens is 3. The highest BCUT2D eigenvalue weighted by molar-refractivity contribution is 6.01. The molecule has 0 radical (unpaired) electrons. The summed E-state index contributed by atoms with van der Waals surface area (Å²) in [6.45, 7) is 0. The molecule has 11 nitrogen and oxygen atoms in total. The molecule has 0 saturated heterocycles. The topological polar surface area (TPSA) is 116 Å². The summed E-state index contributed by atoms with van der Waals surface area (Å²) in [5, 5.41) is 5.91. The van der Waals surface area contributed by atoms with Crippen molar-refractivity contribution in [3.8, 4) is 0 Å². The van der Waals surface area contributed by atoms with Crippen molar-refractivity contribution in [2.45, 2.75) is 0 Å². The minimum Gasteiger partial charge on any atom is -0.347 e. The van der Waals surface area contributed by atoms with Crippen molar-refractivity contribution in [3.05, 3.63) is 60.7 Å². The zero-order valence-electron chi connectivity index (χ0n) is 18.2. The van der Waals surface area contributed by atoms with E-state index >= 15 is 0 Å². The maximum Gasteiger partial charge on any atom is 0.436 e. The van der Waals surface area contributed by atoms with Crippen LogP contribution in [0.25, 0.3) is 0 Å². The fourth-order valence-corrected chi connectivity index (χ4v) is 2.45. The van der Waals surface area contributed by atoms with E-state index in [0.29, 0.717) is 16.4 Å². The molecule has 3 aromatic rings. The van der Waals surface area contributed by atoms with Gasteiger partial charge in [0.1, 0.15) is 0 Å². The second-order valence-electron chi connectivity index (χ2n) is 6.98. The number of para-hydroxylation sites is 2. The van der Waals surface area contributed by atoms with Gasteiger partial charge < -0.3 is 20.0 Å². The van der Waals surface area contributed by atoms with Gasteiger partial charge in [0.15, 0.2) is 0 Å². The van der Waals surface area contributed by atoms with Gasteiger partial charge in [-0.15, -0.1) is 0 Å². The van der Waals surface area contributed by atoms with Crippen LogP contribution in [0.5, 0.6) is 0 Å². The van der Waals surface area contributed by atoms with Crippen molar-refractivity contribution in [1.29, 1.82) is 0 Å². The second kappa shape index (κ2) is 10.1. The Hall–Kier alpha value is -4.41. The maximum absolute atomic E-state index is 13.0. The number of rotatable bonds is 5. The van der Waals surface area contributed by atoms with Crippen LogP contribution in [0.2, 0.25) is 0 Å². The highest BCUT2D eigenvalue weighted by atomic mass is 16.7. The number of hydrogen-bond donors (Lipinski definition) is 2. The number of urea groups is 1. The molecule has 0 atom stereocenters. The summed E-state index contributed by atoms with van der Waals surface area (Å²) >= 11 is 0. The lowest BCUT2D eigenvalue weighted by molar-refractivity contribution is 0.149. The maximum atomic E-state index is 13.0. The minimum atomic E-state index is -0.891. The molecule has 0 aliphatic rings. The molecule has 0 bridgehead atoms. The van der Waals surface area contributed by atoms with Crippen LogP contribution < -0.4 is 25.5 Å². The van der Waals surface area contributed by atoms with Crippen LogP contribution in [0.1, 0.15) is 0 Å². The monoisotopic (exact) mass is 436 g/mol. The normalized spacial score (nSPS) is 10.1. The van der Waals surface area contributed by atoms with E-state index < -0.39 is 12.1 Å². The first-order valence-electron chi connectivity index (χ1n) is 9.64. The van der Waals surface area contributed by atoms with E-state index in [-0.39, 0.29) is 17.8 Å². The van der Waals surface area contributed by atoms with Gasteiger partial charge in [-0.25, -0.2) is 9.59 Å². The van der Waals surface area contributed by atoms with Crippen molar-refractivity contribution in [1.82, 2.24) is 15.0 Å². The third kappa shape index (κ3) is 5.81. The van der Waals surface area contributed by atoms with Crippen molar-refractivity contribution >= 4 is 41.3 Å². The lowest BCUT2D eigenvalue weighted by Gasteiger charge is -2.22. The Morgan fingerprint density at radius 3 is 1.59 bits per heavy atom. The van der Waals surface area contributed by atoms with Crippen LogP contribution >= 0.6 is 0 Å². The van der Waals surface area contributed by atoms with Gasteiger partial charge in [-0.3, -0.25) is 5.32 Å². The van der Waals surface area contributed by atoms with Crippen molar-refractivity contribution in [2.75, 3.05) is 53.7 Å². The minimum absolute atomic E-state index is 0.163. The van der Waals surface area contributed by atoms with Gasteiger partial charge in [0.05, 0.1) is 0 Å². The predicted molar refractivity (Wildman–Crippen MR) is 123 cm³/mol. The molecule has 0 unspecified atom stereocenters. The highest BCUT2D eigenvalue weighted by Crippen LogP contribution is 2.19. The molecule has 3 rings (SSSR count). The molecular weight excluding hydrogens is 412 g/mol. The number of carbonyl (C=O) groups excluding carboxylic acids is 2. The smallest absolute Gasteiger partial charge is 0.347 e. The van der Waals surface area contributed by atoms with Gasteiger partial charge in [-0.1, -0.05) is 41.5 Å². The molecule has 1 aromatic heterocycles. The first-order chi connectivity index (χ1) is 15.3. The average Bonchev–Trinajstić information content (AvgIpc) is 2.78. The molecule has 2 aromatic carbocycles. The summed E-state index contributed by atoms with van der Waals surface area (Å²) < 4.78 is 0. The van der Waals surface area contributed by atoms with Gasteiger partial charge in [0.2, 0.25) is 11.9 Å². The molecular formula is C21H24N8O3. The second-order valence-corrected chi connectivity index (χ2v) is 6.98. The number of amides is 3. The Kier molecular flexibility index (Phi) is 7.01. The van der Waals surface area contributed by atoms with Crippen LogP contribution in [0.15, 0.2) is 60.7 Å². The molecule has 2 N–H and O–H groups in total. The zero-order chi connectivity index (χ0) is 23.1. The summed E-state index contributed by atoms with van der Waals surface area (Å²) in [5.74, 6) is 0.399. The molecule has 0 aliphatic heterocycles. The Bertz CT molecular complexity index is 1030. The van der Waals surface area contributed by atoms with Crippen molar-refractivity contribution in [3.63, 3.8) is 0 Å². The van der Waals surface area contributed by atoms with E-state index in [1.54, 1.807) is 86.5 Å². The predicted octanol–water partition coefficient (Wildman–Crippen LogP) is 3.21. The number of hydroxylamine groups is 1. The molecule has 166 valence electrons. The quantitative estimate of drug-likeness (QED) is 0.586. The number of hydrogen-bond acceptors (Lipinski definition) is 8. The largest absolute Gasteiger partial charge is 0.436 e. The summed E-state index contributed by atoms with van der Waals surface area (Å²) in [7, 11) is 6.98. The molecule has 11 heteroatoms. The van der Waals surface area contributed by atoms with Crippen LogP contribution in [0, 0.1) is 0 Å². The van der Waals surface area contributed by atoms with Gasteiger partial charge >= 0.3 is 12.1 Å². The van der Waals surface area contributed by atoms with Gasteiger partial charge in [-0.2, -0.15) is 15.0 Å². The van der Waals surface area contributed by atoms with E-state index in [1.165, 1.54) is 0 Å². The summed E-state index contributed by atoms with van der Waals surface area (Å²) in [4.78, 5) is 47.1. The van der Waals surface area contributed by atoms with E-state index in [0.717, 1.165) is 0 Å². The molecule has 1 heterocycles. The molecule has 0 fully saturated rings. The third-order valence-corrected chi connectivity index (χ3v) is 3.99. The lowest BCUT2D eigenvalue weighted by atomic mass is 10.3. The standard InChI is InChI=1S/C21H24N8O3/c1-27(2)17-24-18(28(3)4)26-19(25-17)29(20(30)22-15-11-7-5-8-12-15)32-21(31)23-16-13-9-6-10-14-16/h5-14H,1-4H3,(H,22,30)(H,23,31). The van der Waals surface area contributed by atoms with Gasteiger partial charge in [0.25, 0.3) is 5.95 Å². The summed E-state index contributed by atoms with van der Waals surface area (Å²) in [5.41, 5.74) is 1.00. The van der Waals surface area contributed by atoms with Gasteiger partial charge in [0, 0.05) is 39.6 Å². The van der Waals surface area contributed by atoms with Gasteiger partial charge in [-0.05, 0) is 24.3 Å². The number of benzene rings is 2. The molecule has 32 heavy (non-hydrogen) atoms. The molecule has 0 saturated carbocycles.